The zero-order chi connectivity index (χ0) is 17.3. The van der Waals surface area contributed by atoms with E-state index >= 15 is 0 Å². The maximum absolute atomic E-state index is 13.6. The number of piperidine rings is 2. The molecule has 1 spiro atoms. The number of aliphatic hydroxyl groups excluding tert-OH is 1. The molecule has 2 aliphatic heterocycles. The van der Waals surface area contributed by atoms with Crippen LogP contribution in [0, 0.1) is 22.6 Å². The molecular weight excluding hydrogens is 313 g/mol. The van der Waals surface area contributed by atoms with Gasteiger partial charge in [0.15, 0.2) is 0 Å². The molecule has 2 N–H and O–H groups in total. The molecule has 0 unspecified atom stereocenters. The van der Waals surface area contributed by atoms with Gasteiger partial charge in [-0.3, -0.25) is 9.59 Å². The number of nitrogens with one attached hydrogen (secondary N) is 1. The van der Waals surface area contributed by atoms with Crippen LogP contribution in [0.3, 0.4) is 0 Å². The summed E-state index contributed by atoms with van der Waals surface area (Å²) in [5.41, 5.74) is -0.854. The molecular formula is C17H18FN3O3. The Labute approximate surface area is 138 Å². The quantitative estimate of drug-likeness (QED) is 0.796. The number of halogens is 1. The van der Waals surface area contributed by atoms with E-state index in [-0.39, 0.29) is 30.1 Å². The van der Waals surface area contributed by atoms with Crippen LogP contribution in [-0.2, 0) is 4.79 Å². The van der Waals surface area contributed by atoms with Crippen molar-refractivity contribution in [1.29, 1.82) is 5.26 Å². The molecule has 0 aliphatic carbocycles. The van der Waals surface area contributed by atoms with Gasteiger partial charge < -0.3 is 15.3 Å². The third-order valence-electron chi connectivity index (χ3n) is 4.88. The number of likely N-dealkylation sites (tertiary alicyclic amines) is 1. The number of nitrogens with zero attached hydrogens (tertiary/aromatic N) is 2. The van der Waals surface area contributed by atoms with E-state index in [0.29, 0.717) is 19.4 Å². The Morgan fingerprint density at radius 1 is 1.46 bits per heavy atom. The fourth-order valence-electron chi connectivity index (χ4n) is 3.58. The van der Waals surface area contributed by atoms with Gasteiger partial charge in [-0.1, -0.05) is 0 Å². The number of rotatable bonds is 1. The van der Waals surface area contributed by atoms with E-state index in [2.05, 4.69) is 5.32 Å². The van der Waals surface area contributed by atoms with Gasteiger partial charge >= 0.3 is 0 Å². The molecule has 2 heterocycles. The van der Waals surface area contributed by atoms with E-state index in [4.69, 9.17) is 5.26 Å². The maximum Gasteiger partial charge on any atom is 0.254 e. The Balaban J connectivity index is 1.87. The summed E-state index contributed by atoms with van der Waals surface area (Å²) >= 11 is 0. The highest BCUT2D eigenvalue weighted by molar-refractivity contribution is 5.95. The van der Waals surface area contributed by atoms with Gasteiger partial charge in [-0.25, -0.2) is 4.39 Å². The smallest absolute Gasteiger partial charge is 0.254 e. The van der Waals surface area contributed by atoms with Crippen LogP contribution < -0.4 is 5.32 Å². The molecule has 2 aliphatic rings. The van der Waals surface area contributed by atoms with Gasteiger partial charge in [-0.05, 0) is 37.5 Å². The summed E-state index contributed by atoms with van der Waals surface area (Å²) in [6, 6.07) is 5.31. The van der Waals surface area contributed by atoms with Crippen molar-refractivity contribution in [2.45, 2.75) is 25.4 Å². The van der Waals surface area contributed by atoms with E-state index in [9.17, 15) is 19.1 Å². The van der Waals surface area contributed by atoms with Crippen LogP contribution in [0.2, 0.25) is 0 Å². The Hall–Kier alpha value is -2.46. The summed E-state index contributed by atoms with van der Waals surface area (Å²) in [6.45, 7) is 0.946. The lowest BCUT2D eigenvalue weighted by atomic mass is 9.71. The predicted molar refractivity (Wildman–Crippen MR) is 82.3 cm³/mol. The fraction of sp³-hybridized carbons (Fsp3) is 0.471. The Kier molecular flexibility index (Phi) is 4.24. The second kappa shape index (κ2) is 6.21. The lowest BCUT2D eigenvalue weighted by Gasteiger charge is -2.46. The zero-order valence-electron chi connectivity index (χ0n) is 13.1. The average Bonchev–Trinajstić information content (AvgIpc) is 2.58. The summed E-state index contributed by atoms with van der Waals surface area (Å²) in [5, 5.41) is 22.0. The molecule has 6 nitrogen and oxygen atoms in total. The molecule has 2 saturated heterocycles. The Bertz CT molecular complexity index is 730. The molecule has 126 valence electrons. The van der Waals surface area contributed by atoms with Crippen molar-refractivity contribution in [3.63, 3.8) is 0 Å². The minimum atomic E-state index is -1.00. The van der Waals surface area contributed by atoms with Crippen molar-refractivity contribution in [3.8, 4) is 6.07 Å². The maximum atomic E-state index is 13.6. The van der Waals surface area contributed by atoms with E-state index in [0.717, 1.165) is 18.6 Å². The Morgan fingerprint density at radius 2 is 2.25 bits per heavy atom. The minimum absolute atomic E-state index is 0.0699. The first kappa shape index (κ1) is 16.4. The fourth-order valence-corrected chi connectivity index (χ4v) is 3.58. The molecule has 1 aromatic carbocycles. The lowest BCUT2D eigenvalue weighted by Crippen LogP contribution is -2.62. The third-order valence-corrected chi connectivity index (χ3v) is 4.88. The van der Waals surface area contributed by atoms with Gasteiger partial charge in [0.2, 0.25) is 5.91 Å². The molecule has 2 atom stereocenters. The zero-order valence-corrected chi connectivity index (χ0v) is 13.1. The van der Waals surface area contributed by atoms with E-state index in [1.165, 1.54) is 11.0 Å². The van der Waals surface area contributed by atoms with E-state index in [1.807, 2.05) is 6.07 Å². The SMILES string of the molecule is N#Cc1cc(F)cc(C(=O)N2CC[C@H](O)[C@@]3(CCCNC3=O)C2)c1. The highest BCUT2D eigenvalue weighted by atomic mass is 19.1. The first-order valence-electron chi connectivity index (χ1n) is 7.92. The number of carbonyl (C=O) groups excluding carboxylic acids is 2. The van der Waals surface area contributed by atoms with E-state index in [1.54, 1.807) is 0 Å². The first-order chi connectivity index (χ1) is 11.5. The van der Waals surface area contributed by atoms with Crippen molar-refractivity contribution in [1.82, 2.24) is 10.2 Å². The summed E-state index contributed by atoms with van der Waals surface area (Å²) in [5.74, 6) is -1.33. The molecule has 0 aromatic heterocycles. The first-order valence-corrected chi connectivity index (χ1v) is 7.92. The highest BCUT2D eigenvalue weighted by Gasteiger charge is 2.50. The second-order valence-corrected chi connectivity index (χ2v) is 6.39. The van der Waals surface area contributed by atoms with Crippen LogP contribution in [0.25, 0.3) is 0 Å². The number of hydrogen-bond acceptors (Lipinski definition) is 4. The summed E-state index contributed by atoms with van der Waals surface area (Å²) in [7, 11) is 0. The molecule has 24 heavy (non-hydrogen) atoms. The topological polar surface area (TPSA) is 93.4 Å². The van der Waals surface area contributed by atoms with Gasteiger partial charge in [0.25, 0.3) is 5.91 Å². The van der Waals surface area contributed by atoms with Crippen LogP contribution in [0.15, 0.2) is 18.2 Å². The number of carbonyl (C=O) groups is 2. The number of amides is 2. The molecule has 0 bridgehead atoms. The van der Waals surface area contributed by atoms with Gasteiger partial charge in [0.1, 0.15) is 5.82 Å². The van der Waals surface area contributed by atoms with Crippen molar-refractivity contribution in [2.24, 2.45) is 5.41 Å². The normalized spacial score (nSPS) is 26.8. The van der Waals surface area contributed by atoms with Crippen molar-refractivity contribution >= 4 is 11.8 Å². The molecule has 2 amide bonds. The molecule has 1 aromatic rings. The molecule has 2 fully saturated rings. The van der Waals surface area contributed by atoms with Crippen LogP contribution in [0.4, 0.5) is 4.39 Å². The van der Waals surface area contributed by atoms with Gasteiger partial charge in [-0.15, -0.1) is 0 Å². The highest BCUT2D eigenvalue weighted by Crippen LogP contribution is 2.37. The molecule has 0 radical (unpaired) electrons. The van der Waals surface area contributed by atoms with Gasteiger partial charge in [0, 0.05) is 25.2 Å². The van der Waals surface area contributed by atoms with Crippen molar-refractivity contribution in [2.75, 3.05) is 19.6 Å². The second-order valence-electron chi connectivity index (χ2n) is 6.39. The van der Waals surface area contributed by atoms with Crippen LogP contribution >= 0.6 is 0 Å². The van der Waals surface area contributed by atoms with E-state index < -0.39 is 23.2 Å². The standard InChI is InChI=1S/C17H18FN3O3/c18-13-7-11(9-19)6-12(8-13)15(23)21-5-2-14(22)17(10-21)3-1-4-20-16(17)24/h6-8,14,22H,1-5,10H2,(H,20,24)/t14-,17+/m0/s1. The van der Waals surface area contributed by atoms with Gasteiger partial charge in [0.05, 0.1) is 23.2 Å². The van der Waals surface area contributed by atoms with Crippen LogP contribution in [0.1, 0.15) is 35.2 Å². The number of benzene rings is 1. The molecule has 0 saturated carbocycles. The summed E-state index contributed by atoms with van der Waals surface area (Å²) < 4.78 is 13.6. The van der Waals surface area contributed by atoms with Crippen molar-refractivity contribution < 1.29 is 19.1 Å². The van der Waals surface area contributed by atoms with Crippen LogP contribution in [-0.4, -0.2) is 47.6 Å². The van der Waals surface area contributed by atoms with Crippen molar-refractivity contribution in [3.05, 3.63) is 35.1 Å². The summed E-state index contributed by atoms with van der Waals surface area (Å²) in [6.07, 6.45) is 0.739. The largest absolute Gasteiger partial charge is 0.392 e. The average molecular weight is 331 g/mol. The lowest BCUT2D eigenvalue weighted by molar-refractivity contribution is -0.147. The number of aliphatic hydroxyl groups is 1. The predicted octanol–water partition coefficient (Wildman–Crippen LogP) is 0.801. The monoisotopic (exact) mass is 331 g/mol. The summed E-state index contributed by atoms with van der Waals surface area (Å²) in [4.78, 5) is 26.5. The minimum Gasteiger partial charge on any atom is -0.392 e. The third kappa shape index (κ3) is 2.74. The number of hydrogen-bond donors (Lipinski definition) is 2. The molecule has 3 rings (SSSR count). The number of nitriles is 1. The Morgan fingerprint density at radius 3 is 2.96 bits per heavy atom. The van der Waals surface area contributed by atoms with Crippen LogP contribution in [0.5, 0.6) is 0 Å². The molecule has 7 heteroatoms. The van der Waals surface area contributed by atoms with Gasteiger partial charge in [-0.2, -0.15) is 5.26 Å².